The van der Waals surface area contributed by atoms with E-state index in [1.165, 1.54) is 37.8 Å². The van der Waals surface area contributed by atoms with E-state index < -0.39 is 0 Å². The van der Waals surface area contributed by atoms with E-state index >= 15 is 0 Å². The van der Waals surface area contributed by atoms with Crippen molar-refractivity contribution >= 4 is 11.6 Å². The molecule has 0 radical (unpaired) electrons. The topological polar surface area (TPSA) is 15.3 Å². The molecule has 0 bridgehead atoms. The van der Waals surface area contributed by atoms with Gasteiger partial charge in [-0.2, -0.15) is 0 Å². The summed E-state index contributed by atoms with van der Waals surface area (Å²) < 4.78 is 13.2. The summed E-state index contributed by atoms with van der Waals surface area (Å²) in [6, 6.07) is 4.73. The first-order chi connectivity index (χ1) is 9.90. The molecule has 3 rings (SSSR count). The number of nitrogens with one attached hydrogen (secondary N) is 1. The monoisotopic (exact) mass is 310 g/mol. The van der Waals surface area contributed by atoms with Crippen LogP contribution in [0.5, 0.6) is 0 Å². The summed E-state index contributed by atoms with van der Waals surface area (Å²) >= 11 is 6.21. The lowest BCUT2D eigenvalue weighted by Crippen LogP contribution is -2.66. The van der Waals surface area contributed by atoms with Crippen molar-refractivity contribution in [2.75, 3.05) is 13.1 Å². The molecule has 0 atom stereocenters. The molecule has 1 aliphatic carbocycles. The molecule has 116 valence electrons. The quantitative estimate of drug-likeness (QED) is 0.889. The third-order valence-electron chi connectivity index (χ3n) is 5.18. The van der Waals surface area contributed by atoms with Gasteiger partial charge in [-0.3, -0.25) is 4.90 Å². The molecule has 1 spiro atoms. The first-order valence-electron chi connectivity index (χ1n) is 7.84. The first-order valence-corrected chi connectivity index (χ1v) is 8.22. The fourth-order valence-corrected chi connectivity index (χ4v) is 3.89. The number of halogens is 2. The lowest BCUT2D eigenvalue weighted by molar-refractivity contribution is 0.0217. The molecule has 4 heteroatoms. The predicted molar refractivity (Wildman–Crippen MR) is 85.1 cm³/mol. The second-order valence-electron chi connectivity index (χ2n) is 7.25. The molecule has 2 fully saturated rings. The predicted octanol–water partition coefficient (Wildman–Crippen LogP) is 3.98. The molecule has 2 nitrogen and oxygen atoms in total. The molecule has 0 unspecified atom stereocenters. The maximum Gasteiger partial charge on any atom is 0.124 e. The van der Waals surface area contributed by atoms with E-state index in [2.05, 4.69) is 24.1 Å². The SMILES string of the molecule is CC1(C)CNC2(CCCC2)CN1Cc1ccc(F)cc1Cl. The minimum atomic E-state index is -0.268. The van der Waals surface area contributed by atoms with Crippen LogP contribution < -0.4 is 5.32 Å². The van der Waals surface area contributed by atoms with Gasteiger partial charge in [-0.1, -0.05) is 30.5 Å². The van der Waals surface area contributed by atoms with Crippen LogP contribution in [0.25, 0.3) is 0 Å². The van der Waals surface area contributed by atoms with Crippen molar-refractivity contribution in [1.82, 2.24) is 10.2 Å². The highest BCUT2D eigenvalue weighted by Crippen LogP contribution is 2.36. The van der Waals surface area contributed by atoms with Crippen molar-refractivity contribution in [3.63, 3.8) is 0 Å². The lowest BCUT2D eigenvalue weighted by atomic mass is 9.87. The van der Waals surface area contributed by atoms with Crippen molar-refractivity contribution in [3.05, 3.63) is 34.6 Å². The Bertz CT molecular complexity index is 524. The normalized spacial score (nSPS) is 24.6. The Morgan fingerprint density at radius 1 is 1.29 bits per heavy atom. The highest BCUT2D eigenvalue weighted by molar-refractivity contribution is 6.31. The van der Waals surface area contributed by atoms with Gasteiger partial charge in [0.25, 0.3) is 0 Å². The van der Waals surface area contributed by atoms with Gasteiger partial charge < -0.3 is 5.32 Å². The van der Waals surface area contributed by atoms with Crippen LogP contribution in [0.3, 0.4) is 0 Å². The number of nitrogens with zero attached hydrogens (tertiary/aromatic N) is 1. The van der Waals surface area contributed by atoms with Gasteiger partial charge in [-0.25, -0.2) is 4.39 Å². The van der Waals surface area contributed by atoms with Gasteiger partial charge in [-0.05, 0) is 44.4 Å². The molecule has 1 heterocycles. The Hall–Kier alpha value is -0.640. The van der Waals surface area contributed by atoms with Gasteiger partial charge in [0, 0.05) is 35.7 Å². The van der Waals surface area contributed by atoms with E-state index in [9.17, 15) is 4.39 Å². The summed E-state index contributed by atoms with van der Waals surface area (Å²) in [6.45, 7) is 7.35. The van der Waals surface area contributed by atoms with Crippen molar-refractivity contribution in [2.24, 2.45) is 0 Å². The minimum absolute atomic E-state index is 0.0888. The van der Waals surface area contributed by atoms with E-state index in [-0.39, 0.29) is 16.9 Å². The molecule has 0 amide bonds. The molecule has 1 aromatic rings. The highest BCUT2D eigenvalue weighted by atomic mass is 35.5. The zero-order chi connectivity index (χ0) is 15.1. The zero-order valence-electron chi connectivity index (χ0n) is 12.9. The lowest BCUT2D eigenvalue weighted by Gasteiger charge is -2.51. The van der Waals surface area contributed by atoms with E-state index in [1.807, 2.05) is 6.07 Å². The van der Waals surface area contributed by atoms with Gasteiger partial charge in [0.1, 0.15) is 5.82 Å². The molecule has 1 saturated heterocycles. The fraction of sp³-hybridized carbons (Fsp3) is 0.647. The van der Waals surface area contributed by atoms with Crippen LogP contribution in [-0.2, 0) is 6.54 Å². The van der Waals surface area contributed by atoms with Crippen LogP contribution >= 0.6 is 11.6 Å². The number of hydrogen-bond donors (Lipinski definition) is 1. The summed E-state index contributed by atoms with van der Waals surface area (Å²) in [5.74, 6) is -0.268. The number of piperazine rings is 1. The molecule has 1 aromatic carbocycles. The molecular weight excluding hydrogens is 287 g/mol. The summed E-state index contributed by atoms with van der Waals surface area (Å²) in [5.41, 5.74) is 1.38. The average Bonchev–Trinajstić information content (AvgIpc) is 2.86. The number of benzene rings is 1. The average molecular weight is 311 g/mol. The van der Waals surface area contributed by atoms with E-state index in [0.717, 1.165) is 25.2 Å². The van der Waals surface area contributed by atoms with E-state index in [4.69, 9.17) is 11.6 Å². The van der Waals surface area contributed by atoms with Crippen LogP contribution in [0.1, 0.15) is 45.1 Å². The molecule has 1 aliphatic heterocycles. The second kappa shape index (κ2) is 5.53. The van der Waals surface area contributed by atoms with Crippen LogP contribution in [0.15, 0.2) is 18.2 Å². The Morgan fingerprint density at radius 2 is 2.00 bits per heavy atom. The standard InChI is InChI=1S/C17H24ClFN2/c1-16(2)11-20-17(7-3-4-8-17)12-21(16)10-13-5-6-14(19)9-15(13)18/h5-6,9,20H,3-4,7-8,10-12H2,1-2H3. The van der Waals surface area contributed by atoms with Crippen molar-refractivity contribution in [1.29, 1.82) is 0 Å². The van der Waals surface area contributed by atoms with Gasteiger partial charge in [0.05, 0.1) is 0 Å². The Morgan fingerprint density at radius 3 is 2.67 bits per heavy atom. The van der Waals surface area contributed by atoms with Crippen LogP contribution in [-0.4, -0.2) is 29.1 Å². The van der Waals surface area contributed by atoms with Gasteiger partial charge >= 0.3 is 0 Å². The largest absolute Gasteiger partial charge is 0.308 e. The Kier molecular flexibility index (Phi) is 4.02. The second-order valence-corrected chi connectivity index (χ2v) is 7.65. The molecule has 21 heavy (non-hydrogen) atoms. The van der Waals surface area contributed by atoms with E-state index in [1.54, 1.807) is 0 Å². The van der Waals surface area contributed by atoms with E-state index in [0.29, 0.717) is 5.02 Å². The maximum atomic E-state index is 13.2. The molecule has 0 aromatic heterocycles. The van der Waals surface area contributed by atoms with Crippen molar-refractivity contribution in [3.8, 4) is 0 Å². The first kappa shape index (κ1) is 15.3. The van der Waals surface area contributed by atoms with Crippen LogP contribution in [0.4, 0.5) is 4.39 Å². The fourth-order valence-electron chi connectivity index (χ4n) is 3.66. The maximum absolute atomic E-state index is 13.2. The summed E-state index contributed by atoms with van der Waals surface area (Å²) in [6.07, 6.45) is 5.16. The van der Waals surface area contributed by atoms with Crippen molar-refractivity contribution in [2.45, 2.75) is 57.2 Å². The zero-order valence-corrected chi connectivity index (χ0v) is 13.6. The smallest absolute Gasteiger partial charge is 0.124 e. The number of hydrogen-bond acceptors (Lipinski definition) is 2. The Balaban J connectivity index is 1.80. The Labute approximate surface area is 131 Å². The number of rotatable bonds is 2. The van der Waals surface area contributed by atoms with Crippen LogP contribution in [0, 0.1) is 5.82 Å². The molecular formula is C17H24ClFN2. The van der Waals surface area contributed by atoms with Gasteiger partial charge in [0.15, 0.2) is 0 Å². The van der Waals surface area contributed by atoms with Gasteiger partial charge in [0.2, 0.25) is 0 Å². The summed E-state index contributed by atoms with van der Waals surface area (Å²) in [5, 5.41) is 4.32. The molecule has 1 N–H and O–H groups in total. The summed E-state index contributed by atoms with van der Waals surface area (Å²) in [7, 11) is 0. The third kappa shape index (κ3) is 3.10. The molecule has 1 saturated carbocycles. The van der Waals surface area contributed by atoms with Gasteiger partial charge in [-0.15, -0.1) is 0 Å². The highest BCUT2D eigenvalue weighted by Gasteiger charge is 2.44. The van der Waals surface area contributed by atoms with Crippen molar-refractivity contribution < 1.29 is 4.39 Å². The minimum Gasteiger partial charge on any atom is -0.308 e. The molecule has 2 aliphatic rings. The third-order valence-corrected chi connectivity index (χ3v) is 5.53. The van der Waals surface area contributed by atoms with Crippen LogP contribution in [0.2, 0.25) is 5.02 Å². The summed E-state index contributed by atoms with van der Waals surface area (Å²) in [4.78, 5) is 2.51.